The molecule has 43 atom stereocenters. The zero-order valence-electron chi connectivity index (χ0n) is 87.5. The number of hydrogen-bond donors (Lipinski definition) is 28. The van der Waals surface area contributed by atoms with Gasteiger partial charge in [0.15, 0.2) is 44.0 Å². The maximum Gasteiger partial charge on any atom is 0.364 e. The van der Waals surface area contributed by atoms with E-state index in [1.807, 2.05) is 0 Å². The van der Waals surface area contributed by atoms with Crippen molar-refractivity contribution in [3.63, 3.8) is 0 Å². The van der Waals surface area contributed by atoms with Crippen LogP contribution in [0.25, 0.3) is 0 Å². The third-order valence-electron chi connectivity index (χ3n) is 29.3. The van der Waals surface area contributed by atoms with Gasteiger partial charge in [0, 0.05) is 33.6 Å². The fraction of sp³-hybridized carbons (Fsp3) is 0.931. The first-order valence-electron chi connectivity index (χ1n) is 54.5. The minimum absolute atomic E-state index is 0.103. The molecule has 8 rings (SSSR count). The minimum atomic E-state index is -3.35. The lowest BCUT2D eigenvalue weighted by Gasteiger charge is -2.53. The summed E-state index contributed by atoms with van der Waals surface area (Å²) in [6.07, 6.45) is -39.1. The summed E-state index contributed by atoms with van der Waals surface area (Å²) in [4.78, 5) is 66.4. The van der Waals surface area contributed by atoms with Crippen molar-refractivity contribution in [3.05, 3.63) is 12.2 Å². The van der Waals surface area contributed by atoms with Gasteiger partial charge in [-0.1, -0.05) is 231 Å². The Balaban J connectivity index is 1.02. The average Bonchev–Trinajstić information content (AvgIpc) is 0.748. The largest absolute Gasteiger partial charge is 0.477 e. The van der Waals surface area contributed by atoms with Gasteiger partial charge in [0.05, 0.1) is 83.3 Å². The van der Waals surface area contributed by atoms with Crippen molar-refractivity contribution in [2.45, 2.75) is 542 Å². The summed E-state index contributed by atoms with van der Waals surface area (Å²) >= 11 is 0. The van der Waals surface area contributed by atoms with E-state index in [0.717, 1.165) is 85.0 Å². The number of carboxylic acids is 1. The molecule has 49 nitrogen and oxygen atoms in total. The average molecular weight is 2170 g/mol. The number of carboxylic acid groups (broad SMARTS) is 1. The molecule has 0 spiro atoms. The van der Waals surface area contributed by atoms with Gasteiger partial charge in [0.25, 0.3) is 5.79 Å². The van der Waals surface area contributed by atoms with Crippen molar-refractivity contribution in [1.29, 1.82) is 0 Å². The van der Waals surface area contributed by atoms with Crippen LogP contribution in [-0.4, -0.2) is 468 Å². The fourth-order valence-electron chi connectivity index (χ4n) is 20.5. The number of aliphatic hydroxyl groups excluding tert-OH is 23. The Kier molecular flexibility index (Phi) is 59.1. The van der Waals surface area contributed by atoms with Gasteiger partial charge in [-0.15, -0.1) is 0 Å². The molecule has 8 aliphatic heterocycles. The van der Waals surface area contributed by atoms with Gasteiger partial charge in [-0.2, -0.15) is 0 Å². The Labute approximate surface area is 876 Å². The highest BCUT2D eigenvalue weighted by atomic mass is 16.8. The zero-order valence-corrected chi connectivity index (χ0v) is 87.5. The maximum absolute atomic E-state index is 13.8. The monoisotopic (exact) mass is 2170 g/mol. The number of nitrogens with one attached hydrogen (secondary N) is 4. The molecule has 874 valence electrons. The molecular formula is C101H180N4O45. The van der Waals surface area contributed by atoms with Crippen LogP contribution in [0.4, 0.5) is 0 Å². The summed E-state index contributed by atoms with van der Waals surface area (Å²) in [7, 11) is 0. The van der Waals surface area contributed by atoms with Crippen molar-refractivity contribution in [1.82, 2.24) is 21.3 Å². The molecule has 0 aromatic carbocycles. The summed E-state index contributed by atoms with van der Waals surface area (Å²) in [6, 6.07) is -6.92. The summed E-state index contributed by atoms with van der Waals surface area (Å²) < 4.78 is 98.0. The summed E-state index contributed by atoms with van der Waals surface area (Å²) in [5.41, 5.74) is 0. The van der Waals surface area contributed by atoms with Crippen LogP contribution in [0.15, 0.2) is 12.2 Å². The molecule has 0 radical (unpaired) electrons. The second-order valence-electron chi connectivity index (χ2n) is 41.2. The summed E-state index contributed by atoms with van der Waals surface area (Å²) in [5.74, 6) is -8.74. The lowest BCUT2D eigenvalue weighted by Crippen LogP contribution is -2.72. The SMILES string of the molecule is CCCCCCCCCCCCC/C=C/[C@@H](O)[C@H](CO[C@@H]1OC(CO)[C@@H](O[C@@H]2OC(CO)[C@H](O[C@@H]3OC(CO)[C@H](O)[C@H](O)C3NC(C)=O)[C@H](O[C@H]3OC(CO)[C@H](O)[C@H](O[C@@H]4OC(CO)[C@@H](O[C@@H]5OC(CO)[C@H](O)[C@H](O[C@]6(C(=O)O)CC(O)[C@@H](NC(C)=O)C([C@H](O)[C@H](O)CO)O6)C5O)[C@H](O[C@H]5OC(C)[C@@H](O)C(O)[C@@H]5O)C4NC(C)=O)C3O)C2O)[C@H](O)C1O)NC(=O)CCCCCCCCCCCCCCCCCCCCCCCCC. The van der Waals surface area contributed by atoms with E-state index in [2.05, 4.69) is 35.1 Å². The van der Waals surface area contributed by atoms with Crippen LogP contribution in [0.3, 0.4) is 0 Å². The Morgan fingerprint density at radius 1 is 0.360 bits per heavy atom. The Morgan fingerprint density at radius 2 is 0.720 bits per heavy atom. The standard InChI is InChI=1S/C101H180N4O45/c1-7-9-11-13-15-17-19-21-22-23-24-25-26-27-28-29-30-32-34-36-38-40-42-44-68(119)105-58(59(116)43-41-39-37-35-33-31-20-18-16-14-12-10-8-2)53-135-95-81(129)79(127)85(65(50-110)141-95)143-99-84(132)92(87(67(52-112)142-99)144-93-70(103-56(5)114)77(125)74(122)62(47-107)137-93)148-97-82(130)90(75(123)63(48-108)138-97)147-94-71(104-57(6)115)89(146-96-80(128)78(126)72(120)54(3)136-96)86(66(51-111)140-94)145-98-83(131)91(76(124)64(49-109)139-98)150-101(100(133)134)45-60(117)69(102-55(4)113)88(149-101)73(121)61(118)46-106/h41,43,54,58-67,69-99,106-112,116-118,120-132H,7-40,42,44-53H2,1-6H3,(H,102,113)(H,103,114)(H,104,115)(H,105,119)(H,133,134)/b43-41+/t54?,58-,59+,60?,61+,62?,63?,64?,65?,66?,67?,69+,70?,71?,72+,73+,74-,75-,76-,77+,78?,79+,80-,81?,82?,83?,84?,85+,86+,87-,88?,89+,90-,91-,92+,93-,94-,95+,96+,97+,98-,99-,101-/m0/s1. The highest BCUT2D eigenvalue weighted by Crippen LogP contribution is 2.43. The van der Waals surface area contributed by atoms with Crippen LogP contribution in [0, 0.1) is 0 Å². The maximum atomic E-state index is 13.8. The normalized spacial score (nSPS) is 37.4. The minimum Gasteiger partial charge on any atom is -0.477 e. The molecule has 4 amide bonds. The van der Waals surface area contributed by atoms with Gasteiger partial charge < -0.3 is 220 Å². The van der Waals surface area contributed by atoms with Gasteiger partial charge in [-0.25, -0.2) is 4.79 Å². The zero-order chi connectivity index (χ0) is 110. The van der Waals surface area contributed by atoms with Crippen molar-refractivity contribution in [2.75, 3.05) is 52.9 Å². The molecular weight excluding hydrogens is 1990 g/mol. The molecule has 8 heterocycles. The van der Waals surface area contributed by atoms with E-state index < -0.39 is 352 Å². The fourth-order valence-corrected chi connectivity index (χ4v) is 20.5. The first-order chi connectivity index (χ1) is 71.8. The third kappa shape index (κ3) is 38.4. The smallest absolute Gasteiger partial charge is 0.364 e. The molecule has 0 aromatic heterocycles. The van der Waals surface area contributed by atoms with E-state index in [-0.39, 0.29) is 6.42 Å². The van der Waals surface area contributed by atoms with E-state index in [4.69, 9.17) is 75.8 Å². The number of allylic oxidation sites excluding steroid dienone is 1. The number of carbonyl (C=O) groups is 5. The van der Waals surface area contributed by atoms with Crippen molar-refractivity contribution in [2.24, 2.45) is 0 Å². The van der Waals surface area contributed by atoms with E-state index in [1.165, 1.54) is 161 Å². The predicted molar refractivity (Wildman–Crippen MR) is 523 cm³/mol. The van der Waals surface area contributed by atoms with E-state index in [1.54, 1.807) is 6.08 Å². The third-order valence-corrected chi connectivity index (χ3v) is 29.3. The molecule has 8 saturated heterocycles. The van der Waals surface area contributed by atoms with Crippen LogP contribution < -0.4 is 21.3 Å². The lowest BCUT2D eigenvalue weighted by molar-refractivity contribution is -0.406. The molecule has 150 heavy (non-hydrogen) atoms. The van der Waals surface area contributed by atoms with Crippen LogP contribution in [0.5, 0.6) is 0 Å². The molecule has 16 unspecified atom stereocenters. The number of aliphatic carboxylic acids is 1. The van der Waals surface area contributed by atoms with Crippen molar-refractivity contribution in [3.8, 4) is 0 Å². The molecule has 8 fully saturated rings. The molecule has 0 bridgehead atoms. The topological polar surface area (TPSA) is 767 Å². The molecule has 0 aromatic rings. The molecule has 0 saturated carbocycles. The first-order valence-corrected chi connectivity index (χ1v) is 54.5. The first kappa shape index (κ1) is 131. The lowest BCUT2D eigenvalue weighted by atomic mass is 9.88. The van der Waals surface area contributed by atoms with E-state index in [0.29, 0.717) is 12.8 Å². The molecule has 8 aliphatic rings. The van der Waals surface area contributed by atoms with Gasteiger partial charge >= 0.3 is 5.97 Å². The van der Waals surface area contributed by atoms with Gasteiger partial charge in [0.1, 0.15) is 183 Å². The van der Waals surface area contributed by atoms with Crippen LogP contribution in [0.2, 0.25) is 0 Å². The van der Waals surface area contributed by atoms with Crippen LogP contribution >= 0.6 is 0 Å². The van der Waals surface area contributed by atoms with Gasteiger partial charge in [0.2, 0.25) is 23.6 Å². The van der Waals surface area contributed by atoms with Crippen molar-refractivity contribution >= 4 is 29.6 Å². The number of aliphatic hydroxyl groups is 23. The summed E-state index contributed by atoms with van der Waals surface area (Å²) in [5, 5.41) is 285. The van der Waals surface area contributed by atoms with Gasteiger partial charge in [-0.3, -0.25) is 19.2 Å². The second kappa shape index (κ2) is 67.8. The Morgan fingerprint density at radius 3 is 1.20 bits per heavy atom. The number of rotatable bonds is 69. The molecule has 49 heteroatoms. The second-order valence-corrected chi connectivity index (χ2v) is 41.2. The quantitative estimate of drug-likeness (QED) is 0.0210. The van der Waals surface area contributed by atoms with Crippen LogP contribution in [0.1, 0.15) is 279 Å². The van der Waals surface area contributed by atoms with Gasteiger partial charge in [-0.05, 0) is 26.2 Å². The highest BCUT2D eigenvalue weighted by Gasteiger charge is 2.64. The predicted octanol–water partition coefficient (Wildman–Crippen LogP) is -3.28. The van der Waals surface area contributed by atoms with Crippen LogP contribution in [-0.2, 0) is 99.8 Å². The van der Waals surface area contributed by atoms with E-state index >= 15 is 0 Å². The van der Waals surface area contributed by atoms with Crippen molar-refractivity contribution < 1.29 is 222 Å². The number of ether oxygens (including phenoxy) is 16. The number of hydrogen-bond acceptors (Lipinski definition) is 44. The van der Waals surface area contributed by atoms with E-state index in [9.17, 15) is 147 Å². The number of carbonyl (C=O) groups excluding carboxylic acids is 4. The Hall–Kier alpha value is -4.47. The molecule has 0 aliphatic carbocycles. The Bertz CT molecular complexity index is 3780. The number of unbranched alkanes of at least 4 members (excludes halogenated alkanes) is 33. The number of amides is 4. The molecule has 28 N–H and O–H groups in total. The highest BCUT2D eigenvalue weighted by molar-refractivity contribution is 5.77. The summed E-state index contributed by atoms with van der Waals surface area (Å²) in [6.45, 7) is -0.465.